The molecule has 0 bridgehead atoms. The lowest BCUT2D eigenvalue weighted by atomic mass is 10.1. The molecule has 0 aliphatic carbocycles. The molecule has 1 aromatic heterocycles. The summed E-state index contributed by atoms with van der Waals surface area (Å²) in [6.07, 6.45) is 3.55. The Morgan fingerprint density at radius 1 is 1.17 bits per heavy atom. The summed E-state index contributed by atoms with van der Waals surface area (Å²) in [4.78, 5) is 16.9. The van der Waals surface area contributed by atoms with Crippen LogP contribution in [-0.4, -0.2) is 31.5 Å². The van der Waals surface area contributed by atoms with Crippen LogP contribution in [0.4, 0.5) is 0 Å². The molecule has 0 saturated carbocycles. The molecule has 0 atom stereocenters. The Hall–Kier alpha value is -2.93. The first-order chi connectivity index (χ1) is 14.3. The number of hydrogen-bond donors (Lipinski definition) is 1. The number of hydrazone groups is 1. The molecule has 1 aromatic carbocycles. The van der Waals surface area contributed by atoms with Crippen molar-refractivity contribution in [1.82, 2.24) is 9.58 Å². The van der Waals surface area contributed by atoms with Crippen LogP contribution in [0.5, 0.6) is 0 Å². The number of benzene rings is 1. The molecule has 154 valence electrons. The third-order valence-corrected chi connectivity index (χ3v) is 6.30. The second-order valence-electron chi connectivity index (χ2n) is 7.72. The number of nitrogens with zero attached hydrogens (tertiary/aromatic N) is 4. The van der Waals surface area contributed by atoms with Crippen LogP contribution in [0, 0.1) is 33.1 Å². The van der Waals surface area contributed by atoms with Gasteiger partial charge in [-0.1, -0.05) is 19.1 Å². The molecule has 0 fully saturated rings. The van der Waals surface area contributed by atoms with Gasteiger partial charge in [0.2, 0.25) is 5.17 Å². The normalized spacial score (nSPS) is 17.5. The number of aromatic nitrogens is 1. The van der Waals surface area contributed by atoms with E-state index in [4.69, 9.17) is 5.41 Å². The van der Waals surface area contributed by atoms with Gasteiger partial charge in [-0.15, -0.1) is 0 Å². The van der Waals surface area contributed by atoms with Crippen LogP contribution in [0.2, 0.25) is 0 Å². The zero-order valence-corrected chi connectivity index (χ0v) is 18.7. The summed E-state index contributed by atoms with van der Waals surface area (Å²) in [6, 6.07) is 8.44. The lowest BCUT2D eigenvalue weighted by Crippen LogP contribution is -2.35. The molecule has 1 amide bonds. The lowest BCUT2D eigenvalue weighted by Gasteiger charge is -2.20. The van der Waals surface area contributed by atoms with Gasteiger partial charge in [-0.2, -0.15) is 15.1 Å². The summed E-state index contributed by atoms with van der Waals surface area (Å²) in [5.74, 6) is -0.302. The molecule has 2 aromatic rings. The van der Waals surface area contributed by atoms with Crippen molar-refractivity contribution in [1.29, 1.82) is 5.41 Å². The quantitative estimate of drug-likeness (QED) is 0.698. The van der Waals surface area contributed by atoms with E-state index < -0.39 is 0 Å². The van der Waals surface area contributed by atoms with Crippen molar-refractivity contribution in [3.63, 3.8) is 0 Å². The van der Waals surface area contributed by atoms with Gasteiger partial charge in [0, 0.05) is 17.1 Å². The molecule has 0 spiro atoms. The zero-order chi connectivity index (χ0) is 21.6. The number of rotatable bonds is 4. The van der Waals surface area contributed by atoms with Gasteiger partial charge in [-0.3, -0.25) is 10.2 Å². The van der Waals surface area contributed by atoms with Crippen molar-refractivity contribution in [3.05, 3.63) is 57.9 Å². The standard InChI is InChI=1S/C23H25N5OS/c1-6-7-20-26-28-21(24)18(22(29)25-23(28)30-20)12-17-11-15(4)27(16(17)5)19-10-13(2)8-9-14(19)3/h8-12,24H,6-7H2,1-5H3/b18-12+,24-21?. The molecule has 7 heteroatoms. The van der Waals surface area contributed by atoms with Crippen molar-refractivity contribution < 1.29 is 4.79 Å². The summed E-state index contributed by atoms with van der Waals surface area (Å²) >= 11 is 1.38. The fourth-order valence-electron chi connectivity index (χ4n) is 3.77. The Kier molecular flexibility index (Phi) is 5.24. The number of amidine groups is 2. The Morgan fingerprint density at radius 3 is 2.67 bits per heavy atom. The molecule has 0 saturated heterocycles. The van der Waals surface area contributed by atoms with Crippen LogP contribution in [0.1, 0.15) is 47.8 Å². The van der Waals surface area contributed by atoms with Gasteiger partial charge in [-0.05, 0) is 87.2 Å². The number of amides is 1. The van der Waals surface area contributed by atoms with Crippen LogP contribution >= 0.6 is 11.8 Å². The topological polar surface area (TPSA) is 73.8 Å². The van der Waals surface area contributed by atoms with E-state index in [1.165, 1.54) is 27.9 Å². The third-order valence-electron chi connectivity index (χ3n) is 5.34. The first kappa shape index (κ1) is 20.3. The van der Waals surface area contributed by atoms with Crippen LogP contribution in [0.3, 0.4) is 0 Å². The highest BCUT2D eigenvalue weighted by molar-refractivity contribution is 8.26. The van der Waals surface area contributed by atoms with E-state index in [1.54, 1.807) is 6.08 Å². The predicted molar refractivity (Wildman–Crippen MR) is 125 cm³/mol. The zero-order valence-electron chi connectivity index (χ0n) is 17.9. The third kappa shape index (κ3) is 3.43. The monoisotopic (exact) mass is 419 g/mol. The first-order valence-electron chi connectivity index (χ1n) is 10.1. The predicted octanol–water partition coefficient (Wildman–Crippen LogP) is 5.13. The van der Waals surface area contributed by atoms with E-state index >= 15 is 0 Å². The summed E-state index contributed by atoms with van der Waals surface area (Å²) in [7, 11) is 0. The Labute approximate surface area is 180 Å². The average Bonchev–Trinajstić information content (AvgIpc) is 3.21. The summed E-state index contributed by atoms with van der Waals surface area (Å²) in [5.41, 5.74) is 6.78. The van der Waals surface area contributed by atoms with E-state index in [2.05, 4.69) is 66.6 Å². The van der Waals surface area contributed by atoms with Crippen LogP contribution < -0.4 is 0 Å². The number of carbonyl (C=O) groups excluding carboxylic acids is 1. The van der Waals surface area contributed by atoms with Gasteiger partial charge in [0.25, 0.3) is 5.91 Å². The number of aliphatic imine (C=N–C) groups is 1. The second kappa shape index (κ2) is 7.72. The van der Waals surface area contributed by atoms with E-state index in [0.717, 1.165) is 40.5 Å². The number of aryl methyl sites for hydroxylation is 3. The van der Waals surface area contributed by atoms with E-state index in [1.807, 2.05) is 6.92 Å². The SMILES string of the molecule is CCCC1=NN2C(=N)/C(=C\c3cc(C)n(-c4cc(C)ccc4C)c3C)C(=O)N=C2S1. The highest BCUT2D eigenvalue weighted by Gasteiger charge is 2.35. The molecule has 3 heterocycles. The number of thioether (sulfide) groups is 1. The van der Waals surface area contributed by atoms with Gasteiger partial charge in [0.1, 0.15) is 5.04 Å². The van der Waals surface area contributed by atoms with Gasteiger partial charge < -0.3 is 4.57 Å². The molecule has 0 radical (unpaired) electrons. The van der Waals surface area contributed by atoms with E-state index in [9.17, 15) is 4.79 Å². The molecule has 0 unspecified atom stereocenters. The summed E-state index contributed by atoms with van der Waals surface area (Å²) < 4.78 is 2.20. The maximum absolute atomic E-state index is 12.7. The largest absolute Gasteiger partial charge is 0.318 e. The lowest BCUT2D eigenvalue weighted by molar-refractivity contribution is -0.114. The Bertz CT molecular complexity index is 1170. The smallest absolute Gasteiger partial charge is 0.283 e. The van der Waals surface area contributed by atoms with E-state index in [-0.39, 0.29) is 17.3 Å². The number of carbonyl (C=O) groups is 1. The molecule has 1 N–H and O–H groups in total. The van der Waals surface area contributed by atoms with Crippen LogP contribution in [0.15, 0.2) is 39.9 Å². The van der Waals surface area contributed by atoms with Gasteiger partial charge in [0.05, 0.1) is 5.57 Å². The minimum Gasteiger partial charge on any atom is -0.318 e. The van der Waals surface area contributed by atoms with Crippen molar-refractivity contribution in [2.75, 3.05) is 0 Å². The first-order valence-corrected chi connectivity index (χ1v) is 10.9. The fraction of sp³-hybridized carbons (Fsp3) is 0.304. The molecule has 30 heavy (non-hydrogen) atoms. The van der Waals surface area contributed by atoms with Gasteiger partial charge >= 0.3 is 0 Å². The molecular weight excluding hydrogens is 394 g/mol. The summed E-state index contributed by atoms with van der Waals surface area (Å²) in [5, 5.41) is 15.9. The Balaban J connectivity index is 1.75. The second-order valence-corrected chi connectivity index (χ2v) is 8.76. The van der Waals surface area contributed by atoms with Gasteiger partial charge in [0.15, 0.2) is 5.84 Å². The minimum atomic E-state index is -0.386. The molecule has 2 aliphatic rings. The summed E-state index contributed by atoms with van der Waals surface area (Å²) in [6.45, 7) is 10.4. The number of fused-ring (bicyclic) bond motifs is 1. The van der Waals surface area contributed by atoms with Crippen LogP contribution in [0.25, 0.3) is 11.8 Å². The van der Waals surface area contributed by atoms with Crippen molar-refractivity contribution in [3.8, 4) is 5.69 Å². The number of hydrogen-bond acceptors (Lipinski definition) is 4. The maximum atomic E-state index is 12.7. The fourth-order valence-corrected chi connectivity index (χ4v) is 4.75. The maximum Gasteiger partial charge on any atom is 0.283 e. The van der Waals surface area contributed by atoms with Crippen LogP contribution in [-0.2, 0) is 4.79 Å². The highest BCUT2D eigenvalue weighted by atomic mass is 32.2. The molecule has 4 rings (SSSR count). The Morgan fingerprint density at radius 2 is 1.93 bits per heavy atom. The average molecular weight is 420 g/mol. The molecule has 2 aliphatic heterocycles. The van der Waals surface area contributed by atoms with Crippen molar-refractivity contribution in [2.24, 2.45) is 10.1 Å². The minimum absolute atomic E-state index is 0.0835. The van der Waals surface area contributed by atoms with Crippen molar-refractivity contribution >= 4 is 39.8 Å². The highest BCUT2D eigenvalue weighted by Crippen LogP contribution is 2.31. The van der Waals surface area contributed by atoms with E-state index in [0.29, 0.717) is 5.17 Å². The van der Waals surface area contributed by atoms with Crippen molar-refractivity contribution in [2.45, 2.75) is 47.5 Å². The molecule has 6 nitrogen and oxygen atoms in total. The van der Waals surface area contributed by atoms with Gasteiger partial charge in [-0.25, -0.2) is 0 Å². The molecular formula is C23H25N5OS. The number of nitrogens with one attached hydrogen (secondary N) is 1.